The minimum atomic E-state index is -3.19. The fourth-order valence-corrected chi connectivity index (χ4v) is 4.82. The highest BCUT2D eigenvalue weighted by Gasteiger charge is 2.33. The molecule has 0 aromatic carbocycles. The van der Waals surface area contributed by atoms with Gasteiger partial charge in [-0.1, -0.05) is 6.42 Å². The van der Waals surface area contributed by atoms with Gasteiger partial charge in [-0.25, -0.2) is 8.42 Å². The molecule has 2 rings (SSSR count). The molecule has 0 spiro atoms. The highest BCUT2D eigenvalue weighted by Crippen LogP contribution is 2.28. The van der Waals surface area contributed by atoms with Crippen LogP contribution >= 0.6 is 0 Å². The predicted molar refractivity (Wildman–Crippen MR) is 75.4 cm³/mol. The summed E-state index contributed by atoms with van der Waals surface area (Å²) in [6.45, 7) is 2.20. The minimum Gasteiger partial charge on any atom is -0.395 e. The van der Waals surface area contributed by atoms with Crippen LogP contribution in [0.5, 0.6) is 0 Å². The van der Waals surface area contributed by atoms with Gasteiger partial charge in [0.15, 0.2) is 0 Å². The highest BCUT2D eigenvalue weighted by atomic mass is 32.2. The van der Waals surface area contributed by atoms with Crippen LogP contribution in [0.1, 0.15) is 38.5 Å². The topological polar surface area (TPSA) is 69.6 Å². The summed E-state index contributed by atoms with van der Waals surface area (Å²) in [5, 5.41) is 12.4. The van der Waals surface area contributed by atoms with Crippen molar-refractivity contribution in [2.75, 3.05) is 32.0 Å². The molecular formula is C13H26N2O3S. The Hall–Kier alpha value is -0.170. The van der Waals surface area contributed by atoms with Gasteiger partial charge in [-0.2, -0.15) is 4.31 Å². The SMILES string of the molecule is O=S(=O)(CCC1CCNCC1)N(CCO)C1CCC1. The summed E-state index contributed by atoms with van der Waals surface area (Å²) in [6.07, 6.45) is 5.94. The van der Waals surface area contributed by atoms with Gasteiger partial charge < -0.3 is 10.4 Å². The Kier molecular flexibility index (Phi) is 5.62. The molecule has 2 fully saturated rings. The lowest BCUT2D eigenvalue weighted by Gasteiger charge is -2.36. The van der Waals surface area contributed by atoms with Crippen LogP contribution in [0.2, 0.25) is 0 Å². The maximum atomic E-state index is 12.4. The first kappa shape index (κ1) is 15.2. The maximum Gasteiger partial charge on any atom is 0.214 e. The third-order valence-corrected chi connectivity index (χ3v) is 6.35. The van der Waals surface area contributed by atoms with Crippen molar-refractivity contribution in [3.63, 3.8) is 0 Å². The number of nitrogens with zero attached hydrogens (tertiary/aromatic N) is 1. The first-order chi connectivity index (χ1) is 9.13. The zero-order valence-electron chi connectivity index (χ0n) is 11.6. The predicted octanol–water partition coefficient (Wildman–Crippen LogP) is 0.553. The Morgan fingerprint density at radius 2 is 1.84 bits per heavy atom. The molecule has 0 unspecified atom stereocenters. The van der Waals surface area contributed by atoms with Crippen molar-refractivity contribution in [1.29, 1.82) is 0 Å². The second-order valence-corrected chi connectivity index (χ2v) is 7.76. The van der Waals surface area contributed by atoms with Crippen molar-refractivity contribution in [3.05, 3.63) is 0 Å². The summed E-state index contributed by atoms with van der Waals surface area (Å²) >= 11 is 0. The van der Waals surface area contributed by atoms with Gasteiger partial charge in [0.2, 0.25) is 10.0 Å². The molecule has 0 bridgehead atoms. The van der Waals surface area contributed by atoms with Gasteiger partial charge in [0.05, 0.1) is 12.4 Å². The molecule has 1 heterocycles. The normalized spacial score (nSPS) is 22.6. The van der Waals surface area contributed by atoms with E-state index in [9.17, 15) is 8.42 Å². The second kappa shape index (κ2) is 7.02. The van der Waals surface area contributed by atoms with E-state index in [-0.39, 0.29) is 24.9 Å². The second-order valence-electron chi connectivity index (χ2n) is 5.72. The van der Waals surface area contributed by atoms with Gasteiger partial charge in [0, 0.05) is 12.6 Å². The standard InChI is InChI=1S/C13H26N2O3S/c16-10-9-15(13-2-1-3-13)19(17,18)11-6-12-4-7-14-8-5-12/h12-14,16H,1-11H2. The van der Waals surface area contributed by atoms with Crippen molar-refractivity contribution in [3.8, 4) is 0 Å². The smallest absolute Gasteiger partial charge is 0.214 e. The number of sulfonamides is 1. The van der Waals surface area contributed by atoms with Crippen molar-refractivity contribution in [1.82, 2.24) is 9.62 Å². The van der Waals surface area contributed by atoms with Gasteiger partial charge in [-0.3, -0.25) is 0 Å². The van der Waals surface area contributed by atoms with Crippen LogP contribution in [0.3, 0.4) is 0 Å². The number of nitrogens with one attached hydrogen (secondary N) is 1. The molecule has 1 aliphatic heterocycles. The summed E-state index contributed by atoms with van der Waals surface area (Å²) < 4.78 is 26.3. The molecule has 112 valence electrons. The van der Waals surface area contributed by atoms with E-state index in [1.807, 2.05) is 0 Å². The summed E-state index contributed by atoms with van der Waals surface area (Å²) in [5.74, 6) is 0.780. The number of aliphatic hydroxyl groups is 1. The van der Waals surface area contributed by atoms with Gasteiger partial charge >= 0.3 is 0 Å². The van der Waals surface area contributed by atoms with E-state index in [1.165, 1.54) is 0 Å². The fraction of sp³-hybridized carbons (Fsp3) is 1.00. The lowest BCUT2D eigenvalue weighted by atomic mass is 9.93. The van der Waals surface area contributed by atoms with Crippen molar-refractivity contribution < 1.29 is 13.5 Å². The van der Waals surface area contributed by atoms with Gasteiger partial charge in [0.25, 0.3) is 0 Å². The zero-order chi connectivity index (χ0) is 13.7. The van der Waals surface area contributed by atoms with Crippen LogP contribution in [-0.4, -0.2) is 55.9 Å². The van der Waals surface area contributed by atoms with Crippen LogP contribution in [0, 0.1) is 5.92 Å². The first-order valence-electron chi connectivity index (χ1n) is 7.44. The Morgan fingerprint density at radius 3 is 2.37 bits per heavy atom. The Bertz CT molecular complexity index is 362. The average Bonchev–Trinajstić information content (AvgIpc) is 2.35. The van der Waals surface area contributed by atoms with E-state index in [1.54, 1.807) is 4.31 Å². The summed E-state index contributed by atoms with van der Waals surface area (Å²) in [6, 6.07) is 0.144. The van der Waals surface area contributed by atoms with Crippen molar-refractivity contribution in [2.24, 2.45) is 5.92 Å². The largest absolute Gasteiger partial charge is 0.395 e. The molecule has 2 N–H and O–H groups in total. The van der Waals surface area contributed by atoms with Gasteiger partial charge in [-0.05, 0) is 51.1 Å². The molecular weight excluding hydrogens is 264 g/mol. The van der Waals surface area contributed by atoms with Gasteiger partial charge in [-0.15, -0.1) is 0 Å². The quantitative estimate of drug-likeness (QED) is 0.718. The molecule has 0 atom stereocenters. The van der Waals surface area contributed by atoms with E-state index in [2.05, 4.69) is 5.32 Å². The van der Waals surface area contributed by atoms with E-state index >= 15 is 0 Å². The zero-order valence-corrected chi connectivity index (χ0v) is 12.4. The Morgan fingerprint density at radius 1 is 1.16 bits per heavy atom. The first-order valence-corrected chi connectivity index (χ1v) is 9.05. The molecule has 0 aromatic rings. The molecule has 1 saturated carbocycles. The minimum absolute atomic E-state index is 0.0803. The molecule has 1 saturated heterocycles. The van der Waals surface area contributed by atoms with Gasteiger partial charge in [0.1, 0.15) is 0 Å². The molecule has 19 heavy (non-hydrogen) atoms. The lowest BCUT2D eigenvalue weighted by molar-refractivity contribution is 0.177. The summed E-state index contributed by atoms with van der Waals surface area (Å²) in [7, 11) is -3.19. The summed E-state index contributed by atoms with van der Waals surface area (Å²) in [4.78, 5) is 0. The molecule has 0 aromatic heterocycles. The Balaban J connectivity index is 1.87. The third-order valence-electron chi connectivity index (χ3n) is 4.40. The van der Waals surface area contributed by atoms with E-state index in [0.29, 0.717) is 5.92 Å². The molecule has 1 aliphatic carbocycles. The monoisotopic (exact) mass is 290 g/mol. The van der Waals surface area contributed by atoms with Crippen LogP contribution in [0.25, 0.3) is 0 Å². The number of hydrogen-bond acceptors (Lipinski definition) is 4. The number of piperidine rings is 1. The Labute approximate surface area is 116 Å². The van der Waals surface area contributed by atoms with Crippen LogP contribution in [-0.2, 0) is 10.0 Å². The maximum absolute atomic E-state index is 12.4. The van der Waals surface area contributed by atoms with Crippen molar-refractivity contribution >= 4 is 10.0 Å². The fourth-order valence-electron chi connectivity index (χ4n) is 2.93. The van der Waals surface area contributed by atoms with Crippen LogP contribution < -0.4 is 5.32 Å². The third kappa shape index (κ3) is 4.15. The molecule has 6 heteroatoms. The van der Waals surface area contributed by atoms with E-state index in [0.717, 1.165) is 51.6 Å². The summed E-state index contributed by atoms with van der Waals surface area (Å²) in [5.41, 5.74) is 0. The number of rotatable bonds is 7. The lowest BCUT2D eigenvalue weighted by Crippen LogP contribution is -2.46. The number of aliphatic hydroxyl groups excluding tert-OH is 1. The average molecular weight is 290 g/mol. The van der Waals surface area contributed by atoms with Crippen molar-refractivity contribution in [2.45, 2.75) is 44.6 Å². The molecule has 0 amide bonds. The molecule has 5 nitrogen and oxygen atoms in total. The molecule has 2 aliphatic rings. The molecule has 0 radical (unpaired) electrons. The van der Waals surface area contributed by atoms with E-state index in [4.69, 9.17) is 5.11 Å². The number of hydrogen-bond donors (Lipinski definition) is 2. The van der Waals surface area contributed by atoms with Crippen LogP contribution in [0.15, 0.2) is 0 Å². The van der Waals surface area contributed by atoms with E-state index < -0.39 is 10.0 Å². The van der Waals surface area contributed by atoms with Crippen LogP contribution in [0.4, 0.5) is 0 Å². The highest BCUT2D eigenvalue weighted by molar-refractivity contribution is 7.89.